The number of rotatable bonds is 7. The van der Waals surface area contributed by atoms with Gasteiger partial charge < -0.3 is 14.6 Å². The molecule has 5 heteroatoms. The van der Waals surface area contributed by atoms with Crippen LogP contribution in [0.25, 0.3) is 0 Å². The maximum Gasteiger partial charge on any atom is 0.151 e. The van der Waals surface area contributed by atoms with Crippen molar-refractivity contribution in [1.82, 2.24) is 15.5 Å². The van der Waals surface area contributed by atoms with E-state index in [0.717, 1.165) is 30.4 Å². The highest BCUT2D eigenvalue weighted by atomic mass is 16.3. The molecule has 0 unspecified atom stereocenters. The standard InChI is InChI=1S/C16H22N4O/c1-12(2)17-10-13-5-8-16(19-18-13)20(14-6-7-14)11-15-4-3-9-21-15/h3-5,8-9,12,14,17H,6-7,10-11H2,1-2H3. The van der Waals surface area contributed by atoms with Crippen LogP contribution in [-0.4, -0.2) is 22.3 Å². The Morgan fingerprint density at radius 3 is 2.71 bits per heavy atom. The van der Waals surface area contributed by atoms with Crippen molar-refractivity contribution in [2.45, 2.75) is 51.9 Å². The van der Waals surface area contributed by atoms with Crippen LogP contribution in [0.15, 0.2) is 34.9 Å². The summed E-state index contributed by atoms with van der Waals surface area (Å²) >= 11 is 0. The highest BCUT2D eigenvalue weighted by Crippen LogP contribution is 2.31. The molecule has 0 saturated heterocycles. The molecule has 1 N–H and O–H groups in total. The van der Waals surface area contributed by atoms with Gasteiger partial charge in [0, 0.05) is 18.6 Å². The van der Waals surface area contributed by atoms with Crippen LogP contribution < -0.4 is 10.2 Å². The van der Waals surface area contributed by atoms with Crippen LogP contribution in [0.1, 0.15) is 38.1 Å². The molecule has 1 aliphatic rings. The number of nitrogens with one attached hydrogen (secondary N) is 1. The van der Waals surface area contributed by atoms with E-state index >= 15 is 0 Å². The SMILES string of the molecule is CC(C)NCc1ccc(N(Cc2ccco2)C2CC2)nn1. The van der Waals surface area contributed by atoms with Crippen molar-refractivity contribution in [3.63, 3.8) is 0 Å². The van der Waals surface area contributed by atoms with Crippen molar-refractivity contribution in [3.05, 3.63) is 42.0 Å². The van der Waals surface area contributed by atoms with E-state index in [0.29, 0.717) is 12.1 Å². The fourth-order valence-corrected chi connectivity index (χ4v) is 2.26. The first-order valence-electron chi connectivity index (χ1n) is 7.57. The zero-order valence-electron chi connectivity index (χ0n) is 12.6. The van der Waals surface area contributed by atoms with Crippen LogP contribution in [0.4, 0.5) is 5.82 Å². The molecule has 0 radical (unpaired) electrons. The first-order valence-corrected chi connectivity index (χ1v) is 7.57. The average Bonchev–Trinajstić information content (AvgIpc) is 3.20. The average molecular weight is 286 g/mol. The molecule has 2 heterocycles. The van der Waals surface area contributed by atoms with Crippen LogP contribution in [0.3, 0.4) is 0 Å². The van der Waals surface area contributed by atoms with Crippen LogP contribution in [-0.2, 0) is 13.1 Å². The maximum atomic E-state index is 5.45. The fraction of sp³-hybridized carbons (Fsp3) is 0.500. The second-order valence-corrected chi connectivity index (χ2v) is 5.86. The molecular formula is C16H22N4O. The molecule has 0 spiro atoms. The first kappa shape index (κ1) is 14.1. The Morgan fingerprint density at radius 2 is 2.14 bits per heavy atom. The normalized spacial score (nSPS) is 14.6. The molecule has 112 valence electrons. The third-order valence-electron chi connectivity index (χ3n) is 3.59. The minimum atomic E-state index is 0.452. The van der Waals surface area contributed by atoms with Gasteiger partial charge in [0.1, 0.15) is 5.76 Å². The summed E-state index contributed by atoms with van der Waals surface area (Å²) in [6.07, 6.45) is 4.16. The molecule has 0 atom stereocenters. The minimum absolute atomic E-state index is 0.452. The molecule has 0 aromatic carbocycles. The van der Waals surface area contributed by atoms with Gasteiger partial charge in [0.2, 0.25) is 0 Å². The third kappa shape index (κ3) is 3.82. The molecule has 5 nitrogen and oxygen atoms in total. The van der Waals surface area contributed by atoms with Crippen molar-refractivity contribution in [2.75, 3.05) is 4.90 Å². The van der Waals surface area contributed by atoms with Gasteiger partial charge in [0.25, 0.3) is 0 Å². The Labute approximate surface area is 125 Å². The highest BCUT2D eigenvalue weighted by Gasteiger charge is 2.30. The monoisotopic (exact) mass is 286 g/mol. The summed E-state index contributed by atoms with van der Waals surface area (Å²) in [5.74, 6) is 1.90. The summed E-state index contributed by atoms with van der Waals surface area (Å²) in [6, 6.07) is 9.06. The van der Waals surface area contributed by atoms with Crippen LogP contribution in [0.5, 0.6) is 0 Å². The van der Waals surface area contributed by atoms with Crippen molar-refractivity contribution in [1.29, 1.82) is 0 Å². The van der Waals surface area contributed by atoms with Gasteiger partial charge in [-0.25, -0.2) is 0 Å². The van der Waals surface area contributed by atoms with E-state index in [-0.39, 0.29) is 0 Å². The zero-order chi connectivity index (χ0) is 14.7. The number of hydrogen-bond donors (Lipinski definition) is 1. The van der Waals surface area contributed by atoms with Gasteiger partial charge in [-0.3, -0.25) is 0 Å². The molecule has 2 aromatic rings. The number of aromatic nitrogens is 2. The van der Waals surface area contributed by atoms with Gasteiger partial charge in [-0.2, -0.15) is 5.10 Å². The second kappa shape index (κ2) is 6.26. The summed E-state index contributed by atoms with van der Waals surface area (Å²) in [5, 5.41) is 12.1. The number of hydrogen-bond acceptors (Lipinski definition) is 5. The zero-order valence-corrected chi connectivity index (χ0v) is 12.6. The van der Waals surface area contributed by atoms with Crippen LogP contribution in [0.2, 0.25) is 0 Å². The lowest BCUT2D eigenvalue weighted by atomic mass is 10.3. The number of furan rings is 1. The Balaban J connectivity index is 1.68. The van der Waals surface area contributed by atoms with E-state index in [1.165, 1.54) is 12.8 Å². The number of anilines is 1. The van der Waals surface area contributed by atoms with Crippen molar-refractivity contribution < 1.29 is 4.42 Å². The van der Waals surface area contributed by atoms with Crippen molar-refractivity contribution in [2.24, 2.45) is 0 Å². The lowest BCUT2D eigenvalue weighted by molar-refractivity contribution is 0.499. The summed E-state index contributed by atoms with van der Waals surface area (Å²) in [7, 11) is 0. The van der Waals surface area contributed by atoms with Crippen molar-refractivity contribution in [3.8, 4) is 0 Å². The molecule has 0 bridgehead atoms. The van der Waals surface area contributed by atoms with Crippen LogP contribution >= 0.6 is 0 Å². The molecule has 1 saturated carbocycles. The molecule has 2 aromatic heterocycles. The lowest BCUT2D eigenvalue weighted by Gasteiger charge is -2.21. The Hall–Kier alpha value is -1.88. The van der Waals surface area contributed by atoms with E-state index < -0.39 is 0 Å². The molecular weight excluding hydrogens is 264 g/mol. The van der Waals surface area contributed by atoms with E-state index in [1.807, 2.05) is 12.1 Å². The molecule has 1 fully saturated rings. The van der Waals surface area contributed by atoms with Gasteiger partial charge in [0.05, 0.1) is 18.5 Å². The van der Waals surface area contributed by atoms with Gasteiger partial charge in [-0.1, -0.05) is 13.8 Å². The Morgan fingerprint density at radius 1 is 1.29 bits per heavy atom. The molecule has 3 rings (SSSR count). The predicted molar refractivity (Wildman–Crippen MR) is 81.9 cm³/mol. The second-order valence-electron chi connectivity index (χ2n) is 5.86. The van der Waals surface area contributed by atoms with E-state index in [1.54, 1.807) is 6.26 Å². The summed E-state index contributed by atoms with van der Waals surface area (Å²) < 4.78 is 5.45. The fourth-order valence-electron chi connectivity index (χ4n) is 2.26. The van der Waals surface area contributed by atoms with E-state index in [4.69, 9.17) is 4.42 Å². The topological polar surface area (TPSA) is 54.2 Å². The molecule has 1 aliphatic carbocycles. The van der Waals surface area contributed by atoms with E-state index in [9.17, 15) is 0 Å². The summed E-state index contributed by atoms with van der Waals surface area (Å²) in [5.41, 5.74) is 0.973. The first-order chi connectivity index (χ1) is 10.2. The minimum Gasteiger partial charge on any atom is -0.467 e. The van der Waals surface area contributed by atoms with Gasteiger partial charge >= 0.3 is 0 Å². The molecule has 0 aliphatic heterocycles. The van der Waals surface area contributed by atoms with E-state index in [2.05, 4.69) is 46.4 Å². The largest absolute Gasteiger partial charge is 0.467 e. The quantitative estimate of drug-likeness (QED) is 0.848. The Kier molecular flexibility index (Phi) is 4.20. The lowest BCUT2D eigenvalue weighted by Crippen LogP contribution is -2.27. The Bertz CT molecular complexity index is 546. The summed E-state index contributed by atoms with van der Waals surface area (Å²) in [6.45, 7) is 5.77. The third-order valence-corrected chi connectivity index (χ3v) is 3.59. The van der Waals surface area contributed by atoms with Gasteiger partial charge in [-0.15, -0.1) is 5.10 Å². The number of nitrogens with zero attached hydrogens (tertiary/aromatic N) is 3. The molecule has 21 heavy (non-hydrogen) atoms. The smallest absolute Gasteiger partial charge is 0.151 e. The van der Waals surface area contributed by atoms with Crippen LogP contribution in [0, 0.1) is 0 Å². The molecule has 0 amide bonds. The highest BCUT2D eigenvalue weighted by molar-refractivity contribution is 5.41. The summed E-state index contributed by atoms with van der Waals surface area (Å²) in [4.78, 5) is 2.28. The predicted octanol–water partition coefficient (Wildman–Crippen LogP) is 2.74. The maximum absolute atomic E-state index is 5.45. The van der Waals surface area contributed by atoms with Gasteiger partial charge in [0.15, 0.2) is 5.82 Å². The van der Waals surface area contributed by atoms with Gasteiger partial charge in [-0.05, 0) is 37.1 Å². The van der Waals surface area contributed by atoms with Crippen molar-refractivity contribution >= 4 is 5.82 Å².